The first kappa shape index (κ1) is 13.4. The van der Waals surface area contributed by atoms with Gasteiger partial charge in [0, 0.05) is 18.5 Å². The molecule has 1 aromatic carbocycles. The first-order valence-electron chi connectivity index (χ1n) is 7.01. The number of benzene rings is 1. The van der Waals surface area contributed by atoms with Crippen LogP contribution in [0.15, 0.2) is 30.3 Å². The number of rotatable bonds is 4. The predicted molar refractivity (Wildman–Crippen MR) is 82.3 cm³/mol. The molecule has 1 aliphatic carbocycles. The number of halogens is 1. The highest BCUT2D eigenvalue weighted by atomic mass is 35.5. The van der Waals surface area contributed by atoms with Crippen molar-refractivity contribution in [3.05, 3.63) is 46.6 Å². The average Bonchev–Trinajstić information content (AvgIpc) is 3.17. The van der Waals surface area contributed by atoms with Crippen LogP contribution in [0.4, 0.5) is 0 Å². The monoisotopic (exact) mass is 287 g/mol. The summed E-state index contributed by atoms with van der Waals surface area (Å²) in [6.07, 6.45) is 3.11. The molecule has 0 aliphatic heterocycles. The predicted octanol–water partition coefficient (Wildman–Crippen LogP) is 4.64. The standard InChI is InChI=1S/C17H18ClNO/c1-11-9-15(16(20)10-12-3-4-12)19(2)17(11)13-5-7-14(18)8-6-13/h5-9,12H,3-4,10H2,1-2H3. The maximum absolute atomic E-state index is 12.3. The molecule has 1 saturated carbocycles. The maximum atomic E-state index is 12.3. The number of nitrogens with zero attached hydrogens (tertiary/aromatic N) is 1. The van der Waals surface area contributed by atoms with Crippen molar-refractivity contribution in [1.29, 1.82) is 0 Å². The van der Waals surface area contributed by atoms with Gasteiger partial charge >= 0.3 is 0 Å². The Balaban J connectivity index is 1.97. The topological polar surface area (TPSA) is 22.0 Å². The van der Waals surface area contributed by atoms with Gasteiger partial charge in [-0.1, -0.05) is 23.7 Å². The fourth-order valence-corrected chi connectivity index (χ4v) is 2.87. The van der Waals surface area contributed by atoms with E-state index in [9.17, 15) is 4.79 Å². The highest BCUT2D eigenvalue weighted by molar-refractivity contribution is 6.30. The minimum atomic E-state index is 0.262. The van der Waals surface area contributed by atoms with Crippen LogP contribution in [-0.2, 0) is 7.05 Å². The van der Waals surface area contributed by atoms with Crippen LogP contribution < -0.4 is 0 Å². The van der Waals surface area contributed by atoms with Gasteiger partial charge in [0.15, 0.2) is 5.78 Å². The second kappa shape index (κ2) is 5.10. The van der Waals surface area contributed by atoms with Crippen LogP contribution >= 0.6 is 11.6 Å². The Kier molecular flexibility index (Phi) is 3.43. The molecule has 1 fully saturated rings. The summed E-state index contributed by atoms with van der Waals surface area (Å²) in [5, 5.41) is 0.727. The van der Waals surface area contributed by atoms with E-state index < -0.39 is 0 Å². The van der Waals surface area contributed by atoms with Crippen LogP contribution in [0.3, 0.4) is 0 Å². The van der Waals surface area contributed by atoms with E-state index in [1.807, 2.05) is 41.9 Å². The zero-order valence-electron chi connectivity index (χ0n) is 11.8. The van der Waals surface area contributed by atoms with E-state index in [2.05, 4.69) is 6.92 Å². The lowest BCUT2D eigenvalue weighted by molar-refractivity contribution is 0.0968. The van der Waals surface area contributed by atoms with Gasteiger partial charge in [-0.3, -0.25) is 4.79 Å². The summed E-state index contributed by atoms with van der Waals surface area (Å²) in [6, 6.07) is 9.78. The summed E-state index contributed by atoms with van der Waals surface area (Å²) >= 11 is 5.94. The van der Waals surface area contributed by atoms with Gasteiger partial charge in [0.25, 0.3) is 0 Å². The van der Waals surface area contributed by atoms with Crippen molar-refractivity contribution >= 4 is 17.4 Å². The number of aryl methyl sites for hydroxylation is 1. The minimum absolute atomic E-state index is 0.262. The Morgan fingerprint density at radius 3 is 2.55 bits per heavy atom. The van der Waals surface area contributed by atoms with E-state index in [4.69, 9.17) is 11.6 Å². The van der Waals surface area contributed by atoms with Gasteiger partial charge in [0.05, 0.1) is 11.4 Å². The highest BCUT2D eigenvalue weighted by Crippen LogP contribution is 2.35. The third-order valence-corrected chi connectivity index (χ3v) is 4.25. The van der Waals surface area contributed by atoms with Crippen molar-refractivity contribution in [1.82, 2.24) is 4.57 Å². The van der Waals surface area contributed by atoms with Gasteiger partial charge < -0.3 is 4.57 Å². The molecule has 0 atom stereocenters. The van der Waals surface area contributed by atoms with Crippen molar-refractivity contribution in [3.8, 4) is 11.3 Å². The lowest BCUT2D eigenvalue weighted by Crippen LogP contribution is -2.07. The number of ketones is 1. The average molecular weight is 288 g/mol. The number of hydrogen-bond donors (Lipinski definition) is 0. The molecule has 104 valence electrons. The van der Waals surface area contributed by atoms with E-state index in [1.165, 1.54) is 12.8 Å². The van der Waals surface area contributed by atoms with Gasteiger partial charge in [-0.25, -0.2) is 0 Å². The molecule has 0 radical (unpaired) electrons. The first-order valence-corrected chi connectivity index (χ1v) is 7.39. The van der Waals surface area contributed by atoms with Crippen LogP contribution in [0.25, 0.3) is 11.3 Å². The molecule has 0 saturated heterocycles. The second-order valence-corrected chi connectivity index (χ2v) is 6.13. The van der Waals surface area contributed by atoms with Crippen molar-refractivity contribution in [3.63, 3.8) is 0 Å². The zero-order chi connectivity index (χ0) is 14.3. The smallest absolute Gasteiger partial charge is 0.179 e. The molecule has 2 nitrogen and oxygen atoms in total. The molecule has 2 aromatic rings. The summed E-state index contributed by atoms with van der Waals surface area (Å²) in [6.45, 7) is 2.05. The molecule has 0 unspecified atom stereocenters. The van der Waals surface area contributed by atoms with Gasteiger partial charge in [-0.05, 0) is 55.0 Å². The number of carbonyl (C=O) groups is 1. The van der Waals surface area contributed by atoms with E-state index in [0.29, 0.717) is 12.3 Å². The number of hydrogen-bond acceptors (Lipinski definition) is 1. The summed E-state index contributed by atoms with van der Waals surface area (Å²) < 4.78 is 2.02. The van der Waals surface area contributed by atoms with E-state index in [0.717, 1.165) is 27.5 Å². The largest absolute Gasteiger partial charge is 0.341 e. The zero-order valence-corrected chi connectivity index (χ0v) is 12.6. The molecule has 0 N–H and O–H groups in total. The number of aromatic nitrogens is 1. The maximum Gasteiger partial charge on any atom is 0.179 e. The summed E-state index contributed by atoms with van der Waals surface area (Å²) in [5.74, 6) is 0.884. The summed E-state index contributed by atoms with van der Waals surface area (Å²) in [5.41, 5.74) is 4.15. The molecule has 0 bridgehead atoms. The highest BCUT2D eigenvalue weighted by Gasteiger charge is 2.26. The van der Waals surface area contributed by atoms with Crippen LogP contribution in [0.2, 0.25) is 5.02 Å². The van der Waals surface area contributed by atoms with Gasteiger partial charge in [0.1, 0.15) is 0 Å². The minimum Gasteiger partial charge on any atom is -0.341 e. The Morgan fingerprint density at radius 1 is 1.30 bits per heavy atom. The molecule has 3 heteroatoms. The van der Waals surface area contributed by atoms with Crippen LogP contribution in [-0.4, -0.2) is 10.4 Å². The van der Waals surface area contributed by atoms with E-state index in [-0.39, 0.29) is 5.78 Å². The number of carbonyl (C=O) groups excluding carboxylic acids is 1. The van der Waals surface area contributed by atoms with Crippen molar-refractivity contribution in [2.45, 2.75) is 26.2 Å². The van der Waals surface area contributed by atoms with Crippen molar-refractivity contribution in [2.75, 3.05) is 0 Å². The summed E-state index contributed by atoms with van der Waals surface area (Å²) in [4.78, 5) is 12.3. The Bertz CT molecular complexity index is 650. The first-order chi connectivity index (χ1) is 9.56. The molecule has 0 amide bonds. The van der Waals surface area contributed by atoms with Crippen molar-refractivity contribution < 1.29 is 4.79 Å². The Labute approximate surface area is 124 Å². The summed E-state index contributed by atoms with van der Waals surface area (Å²) in [7, 11) is 1.97. The number of Topliss-reactive ketones (excluding diaryl/α,β-unsaturated/α-hetero) is 1. The SMILES string of the molecule is Cc1cc(C(=O)CC2CC2)n(C)c1-c1ccc(Cl)cc1. The third kappa shape index (κ3) is 2.53. The molecule has 1 aliphatic rings. The molecular weight excluding hydrogens is 270 g/mol. The van der Waals surface area contributed by atoms with Gasteiger partial charge in [-0.15, -0.1) is 0 Å². The van der Waals surface area contributed by atoms with E-state index in [1.54, 1.807) is 0 Å². The van der Waals surface area contributed by atoms with Crippen molar-refractivity contribution in [2.24, 2.45) is 13.0 Å². The molecule has 1 aromatic heterocycles. The van der Waals surface area contributed by atoms with E-state index >= 15 is 0 Å². The normalized spacial score (nSPS) is 14.6. The lowest BCUT2D eigenvalue weighted by Gasteiger charge is -2.08. The van der Waals surface area contributed by atoms with Crippen LogP contribution in [0.1, 0.15) is 35.3 Å². The second-order valence-electron chi connectivity index (χ2n) is 5.70. The third-order valence-electron chi connectivity index (χ3n) is 4.00. The molecule has 1 heterocycles. The Morgan fingerprint density at radius 2 is 1.95 bits per heavy atom. The van der Waals surface area contributed by atoms with Crippen LogP contribution in [0.5, 0.6) is 0 Å². The fraction of sp³-hybridized carbons (Fsp3) is 0.353. The molecule has 0 spiro atoms. The van der Waals surface area contributed by atoms with Gasteiger partial charge in [-0.2, -0.15) is 0 Å². The van der Waals surface area contributed by atoms with Gasteiger partial charge in [0.2, 0.25) is 0 Å². The quantitative estimate of drug-likeness (QED) is 0.751. The lowest BCUT2D eigenvalue weighted by atomic mass is 10.1. The fourth-order valence-electron chi connectivity index (χ4n) is 2.74. The molecule has 20 heavy (non-hydrogen) atoms. The molecular formula is C17H18ClNO. The Hall–Kier alpha value is -1.54. The van der Waals surface area contributed by atoms with Crippen LogP contribution in [0, 0.1) is 12.8 Å². The molecule has 3 rings (SSSR count).